The Hall–Kier alpha value is -2.52. The van der Waals surface area contributed by atoms with E-state index in [0.29, 0.717) is 21.6 Å². The van der Waals surface area contributed by atoms with E-state index in [1.807, 2.05) is 19.1 Å². The van der Waals surface area contributed by atoms with Crippen LogP contribution in [0.3, 0.4) is 0 Å². The predicted octanol–water partition coefficient (Wildman–Crippen LogP) is 2.62. The lowest BCUT2D eigenvalue weighted by atomic mass is 10.2. The first-order valence-corrected chi connectivity index (χ1v) is 9.64. The maximum absolute atomic E-state index is 12.3. The first-order valence-electron chi connectivity index (χ1n) is 6.93. The third kappa shape index (κ3) is 3.87. The molecule has 0 spiro atoms. The van der Waals surface area contributed by atoms with Crippen LogP contribution in [0.2, 0.25) is 0 Å². The molecule has 24 heavy (non-hydrogen) atoms. The number of nitrogens with zero attached hydrogens (tertiary/aromatic N) is 2. The Morgan fingerprint density at radius 1 is 1.17 bits per heavy atom. The molecule has 0 atom stereocenters. The van der Waals surface area contributed by atoms with Gasteiger partial charge in [0.05, 0.1) is 16.5 Å². The molecule has 3 rings (SSSR count). The lowest BCUT2D eigenvalue weighted by Crippen LogP contribution is -2.12. The summed E-state index contributed by atoms with van der Waals surface area (Å²) in [5.74, 6) is 0.185. The van der Waals surface area contributed by atoms with E-state index in [4.69, 9.17) is 0 Å². The van der Waals surface area contributed by atoms with Gasteiger partial charge in [0.1, 0.15) is 5.82 Å². The van der Waals surface area contributed by atoms with Crippen LogP contribution >= 0.6 is 11.3 Å². The molecule has 2 aromatic heterocycles. The number of aryl methyl sites for hydroxylation is 1. The zero-order chi connectivity index (χ0) is 17.3. The number of benzene rings is 1. The molecule has 0 fully saturated rings. The largest absolute Gasteiger partial charge is 0.307 e. The summed E-state index contributed by atoms with van der Waals surface area (Å²) < 4.78 is 25.6. The van der Waals surface area contributed by atoms with Crippen molar-refractivity contribution in [3.63, 3.8) is 0 Å². The second kappa shape index (κ2) is 6.17. The van der Waals surface area contributed by atoms with E-state index < -0.39 is 10.0 Å². The normalized spacial score (nSPS) is 11.4. The molecule has 0 bridgehead atoms. The fourth-order valence-electron chi connectivity index (χ4n) is 2.07. The van der Waals surface area contributed by atoms with Crippen LogP contribution in [0.1, 0.15) is 16.1 Å². The smallest absolute Gasteiger partial charge is 0.256 e. The van der Waals surface area contributed by atoms with Crippen LogP contribution in [0, 0.1) is 6.92 Å². The minimum Gasteiger partial charge on any atom is -0.307 e. The van der Waals surface area contributed by atoms with E-state index in [2.05, 4.69) is 20.0 Å². The fourth-order valence-corrected chi connectivity index (χ4v) is 3.81. The molecular formula is C15H14N4O3S2. The number of thiazole rings is 1. The molecule has 124 valence electrons. The van der Waals surface area contributed by atoms with Crippen molar-refractivity contribution in [1.82, 2.24) is 9.97 Å². The number of aromatic nitrogens is 2. The molecule has 0 radical (unpaired) electrons. The Labute approximate surface area is 142 Å². The SMILES string of the molecule is Cc1cccc(NC(=O)c2ccc3nc(NS(C)(=O)=O)sc3c2)n1. The Morgan fingerprint density at radius 2 is 1.96 bits per heavy atom. The Kier molecular flexibility index (Phi) is 4.20. The Bertz CT molecular complexity index is 1030. The monoisotopic (exact) mass is 362 g/mol. The van der Waals surface area contributed by atoms with E-state index in [1.165, 1.54) is 11.3 Å². The maximum Gasteiger partial charge on any atom is 0.256 e. The van der Waals surface area contributed by atoms with Gasteiger partial charge in [0.25, 0.3) is 5.91 Å². The van der Waals surface area contributed by atoms with Crippen molar-refractivity contribution in [2.75, 3.05) is 16.3 Å². The highest BCUT2D eigenvalue weighted by Gasteiger charge is 2.12. The average molecular weight is 362 g/mol. The summed E-state index contributed by atoms with van der Waals surface area (Å²) in [6.07, 6.45) is 1.06. The molecule has 2 heterocycles. The number of hydrogen-bond acceptors (Lipinski definition) is 6. The molecule has 0 unspecified atom stereocenters. The number of carbonyl (C=O) groups excluding carboxylic acids is 1. The van der Waals surface area contributed by atoms with Crippen molar-refractivity contribution in [3.8, 4) is 0 Å². The number of rotatable bonds is 4. The lowest BCUT2D eigenvalue weighted by molar-refractivity contribution is 0.102. The molecule has 3 aromatic rings. The van der Waals surface area contributed by atoms with Crippen molar-refractivity contribution in [2.24, 2.45) is 0 Å². The van der Waals surface area contributed by atoms with E-state index in [-0.39, 0.29) is 11.0 Å². The van der Waals surface area contributed by atoms with E-state index in [1.54, 1.807) is 24.3 Å². The van der Waals surface area contributed by atoms with Crippen LogP contribution in [-0.2, 0) is 10.0 Å². The number of amides is 1. The molecule has 9 heteroatoms. The van der Waals surface area contributed by atoms with Crippen molar-refractivity contribution in [3.05, 3.63) is 47.7 Å². The standard InChI is InChI=1S/C15H14N4O3S2/c1-9-4-3-5-13(16-9)18-14(20)10-6-7-11-12(8-10)23-15(17-11)19-24(2,21)22/h3-8H,1-2H3,(H,17,19)(H,16,18,20). The molecule has 0 aliphatic carbocycles. The van der Waals surface area contributed by atoms with Gasteiger partial charge in [-0.05, 0) is 37.3 Å². The highest BCUT2D eigenvalue weighted by atomic mass is 32.2. The predicted molar refractivity (Wildman–Crippen MR) is 95.0 cm³/mol. The molecule has 0 saturated heterocycles. The number of pyridine rings is 1. The Balaban J connectivity index is 1.85. The number of carbonyl (C=O) groups is 1. The summed E-state index contributed by atoms with van der Waals surface area (Å²) in [6.45, 7) is 1.84. The van der Waals surface area contributed by atoms with Crippen LogP contribution in [0.5, 0.6) is 0 Å². The van der Waals surface area contributed by atoms with Gasteiger partial charge in [-0.15, -0.1) is 0 Å². The second-order valence-corrected chi connectivity index (χ2v) is 7.97. The van der Waals surface area contributed by atoms with Gasteiger partial charge in [0, 0.05) is 11.3 Å². The lowest BCUT2D eigenvalue weighted by Gasteiger charge is -2.05. The summed E-state index contributed by atoms with van der Waals surface area (Å²) in [7, 11) is -3.39. The Morgan fingerprint density at radius 3 is 2.67 bits per heavy atom. The van der Waals surface area contributed by atoms with Crippen molar-refractivity contribution < 1.29 is 13.2 Å². The number of hydrogen-bond donors (Lipinski definition) is 2. The summed E-state index contributed by atoms with van der Waals surface area (Å²) in [5.41, 5.74) is 1.87. The van der Waals surface area contributed by atoms with E-state index >= 15 is 0 Å². The first kappa shape index (κ1) is 16.3. The van der Waals surface area contributed by atoms with Gasteiger partial charge in [0.15, 0.2) is 5.13 Å². The van der Waals surface area contributed by atoms with E-state index in [0.717, 1.165) is 11.9 Å². The topological polar surface area (TPSA) is 101 Å². The van der Waals surface area contributed by atoms with Crippen molar-refractivity contribution >= 4 is 48.4 Å². The number of nitrogens with one attached hydrogen (secondary N) is 2. The molecular weight excluding hydrogens is 348 g/mol. The number of sulfonamides is 1. The van der Waals surface area contributed by atoms with Crippen LogP contribution in [0.4, 0.5) is 10.9 Å². The van der Waals surface area contributed by atoms with Crippen molar-refractivity contribution in [1.29, 1.82) is 0 Å². The van der Waals surface area contributed by atoms with Crippen LogP contribution in [-0.4, -0.2) is 30.5 Å². The van der Waals surface area contributed by atoms with Crippen LogP contribution in [0.25, 0.3) is 10.2 Å². The van der Waals surface area contributed by atoms with Crippen LogP contribution < -0.4 is 10.0 Å². The van der Waals surface area contributed by atoms with Gasteiger partial charge in [-0.2, -0.15) is 0 Å². The van der Waals surface area contributed by atoms with Gasteiger partial charge >= 0.3 is 0 Å². The van der Waals surface area contributed by atoms with Gasteiger partial charge in [-0.3, -0.25) is 9.52 Å². The second-order valence-electron chi connectivity index (χ2n) is 5.19. The quantitative estimate of drug-likeness (QED) is 0.743. The van der Waals surface area contributed by atoms with E-state index in [9.17, 15) is 13.2 Å². The number of anilines is 2. The minimum absolute atomic E-state index is 0.269. The maximum atomic E-state index is 12.3. The highest BCUT2D eigenvalue weighted by molar-refractivity contribution is 7.92. The van der Waals surface area contributed by atoms with Gasteiger partial charge in [-0.25, -0.2) is 18.4 Å². The van der Waals surface area contributed by atoms with Gasteiger partial charge in [-0.1, -0.05) is 17.4 Å². The summed E-state index contributed by atoms with van der Waals surface area (Å²) in [4.78, 5) is 20.7. The fraction of sp³-hybridized carbons (Fsp3) is 0.133. The average Bonchev–Trinajstić information content (AvgIpc) is 2.86. The van der Waals surface area contributed by atoms with Gasteiger partial charge < -0.3 is 5.32 Å². The molecule has 0 aliphatic heterocycles. The third-order valence-electron chi connectivity index (χ3n) is 3.05. The summed E-state index contributed by atoms with van der Waals surface area (Å²) >= 11 is 1.17. The summed E-state index contributed by atoms with van der Waals surface area (Å²) in [6, 6.07) is 10.4. The van der Waals surface area contributed by atoms with Crippen molar-refractivity contribution in [2.45, 2.75) is 6.92 Å². The first-order chi connectivity index (χ1) is 11.3. The molecule has 2 N–H and O–H groups in total. The minimum atomic E-state index is -3.39. The zero-order valence-corrected chi connectivity index (χ0v) is 14.5. The molecule has 1 amide bonds. The van der Waals surface area contributed by atoms with Crippen LogP contribution in [0.15, 0.2) is 36.4 Å². The van der Waals surface area contributed by atoms with Gasteiger partial charge in [0.2, 0.25) is 10.0 Å². The summed E-state index contributed by atoms with van der Waals surface area (Å²) in [5, 5.41) is 3.00. The highest BCUT2D eigenvalue weighted by Crippen LogP contribution is 2.27. The number of fused-ring (bicyclic) bond motifs is 1. The molecule has 0 aliphatic rings. The third-order valence-corrected chi connectivity index (χ3v) is 4.68. The molecule has 7 nitrogen and oxygen atoms in total. The molecule has 1 aromatic carbocycles. The molecule has 0 saturated carbocycles. The zero-order valence-electron chi connectivity index (χ0n) is 12.9.